The SMILES string of the molecule is Cc1ccc(CN2C[C@]34C=C[C@H](O3)[C@H](C(=O)O)[C@@H]4C2=O)cc1. The standard InChI is InChI=1S/C17H17NO4/c1-10-2-4-11(5-3-10)8-18-9-17-7-6-12(22-17)13(16(20)21)14(17)15(18)19/h2-7,12-14H,8-9H2,1H3,(H,20,21)/t12-,13-,14+,17-/m0/s1. The summed E-state index contributed by atoms with van der Waals surface area (Å²) in [6, 6.07) is 8.02. The number of hydrogen-bond donors (Lipinski definition) is 1. The van der Waals surface area contributed by atoms with Crippen LogP contribution in [0.1, 0.15) is 11.1 Å². The van der Waals surface area contributed by atoms with E-state index in [0.717, 1.165) is 5.56 Å². The average Bonchev–Trinajstić information content (AvgIpc) is 3.10. The van der Waals surface area contributed by atoms with Crippen LogP contribution in [0, 0.1) is 18.8 Å². The van der Waals surface area contributed by atoms with E-state index >= 15 is 0 Å². The lowest BCUT2D eigenvalue weighted by Gasteiger charge is -2.21. The summed E-state index contributed by atoms with van der Waals surface area (Å²) < 4.78 is 5.86. The van der Waals surface area contributed by atoms with E-state index in [1.54, 1.807) is 11.0 Å². The molecule has 2 bridgehead atoms. The minimum Gasteiger partial charge on any atom is -0.481 e. The molecule has 3 heterocycles. The summed E-state index contributed by atoms with van der Waals surface area (Å²) in [5.74, 6) is -2.42. The van der Waals surface area contributed by atoms with Crippen LogP contribution in [-0.2, 0) is 20.9 Å². The number of aryl methyl sites for hydroxylation is 1. The van der Waals surface area contributed by atoms with Gasteiger partial charge >= 0.3 is 5.97 Å². The number of benzene rings is 1. The Balaban J connectivity index is 1.61. The van der Waals surface area contributed by atoms with E-state index in [-0.39, 0.29) is 5.91 Å². The van der Waals surface area contributed by atoms with E-state index < -0.39 is 29.5 Å². The summed E-state index contributed by atoms with van der Waals surface area (Å²) in [5, 5.41) is 9.42. The Labute approximate surface area is 128 Å². The molecule has 3 aliphatic heterocycles. The van der Waals surface area contributed by atoms with Crippen molar-refractivity contribution in [2.24, 2.45) is 11.8 Å². The molecule has 114 valence electrons. The van der Waals surface area contributed by atoms with Gasteiger partial charge < -0.3 is 14.7 Å². The highest BCUT2D eigenvalue weighted by Crippen LogP contribution is 2.52. The molecule has 4 atom stereocenters. The first-order chi connectivity index (χ1) is 10.5. The number of carboxylic acid groups (broad SMARTS) is 1. The monoisotopic (exact) mass is 299 g/mol. The lowest BCUT2D eigenvalue weighted by molar-refractivity contribution is -0.148. The quantitative estimate of drug-likeness (QED) is 0.856. The normalized spacial score (nSPS) is 35.2. The predicted octanol–water partition coefficient (Wildman–Crippen LogP) is 1.36. The Morgan fingerprint density at radius 2 is 2.14 bits per heavy atom. The zero-order valence-electron chi connectivity index (χ0n) is 12.2. The number of ether oxygens (including phenoxy) is 1. The van der Waals surface area contributed by atoms with Gasteiger partial charge in [-0.2, -0.15) is 0 Å². The van der Waals surface area contributed by atoms with Crippen molar-refractivity contribution in [2.75, 3.05) is 6.54 Å². The Morgan fingerprint density at radius 3 is 2.82 bits per heavy atom. The molecule has 0 unspecified atom stereocenters. The minimum absolute atomic E-state index is 0.111. The molecule has 0 aromatic heterocycles. The molecule has 0 radical (unpaired) electrons. The van der Waals surface area contributed by atoms with Crippen LogP contribution < -0.4 is 0 Å². The van der Waals surface area contributed by atoms with E-state index in [1.165, 1.54) is 5.56 Å². The number of hydrogen-bond acceptors (Lipinski definition) is 3. The highest BCUT2D eigenvalue weighted by molar-refractivity contribution is 5.90. The second-order valence-corrected chi connectivity index (χ2v) is 6.42. The van der Waals surface area contributed by atoms with Crippen molar-refractivity contribution in [1.29, 1.82) is 0 Å². The van der Waals surface area contributed by atoms with Crippen LogP contribution in [0.5, 0.6) is 0 Å². The number of carbonyl (C=O) groups excluding carboxylic acids is 1. The molecule has 5 nitrogen and oxygen atoms in total. The predicted molar refractivity (Wildman–Crippen MR) is 78.0 cm³/mol. The number of amides is 1. The fourth-order valence-electron chi connectivity index (χ4n) is 3.91. The lowest BCUT2D eigenvalue weighted by atomic mass is 9.77. The Hall–Kier alpha value is -2.14. The molecule has 2 saturated heterocycles. The van der Waals surface area contributed by atoms with E-state index in [4.69, 9.17) is 4.74 Å². The Morgan fingerprint density at radius 1 is 1.41 bits per heavy atom. The van der Waals surface area contributed by atoms with E-state index in [2.05, 4.69) is 0 Å². The van der Waals surface area contributed by atoms with Gasteiger partial charge in [-0.1, -0.05) is 42.0 Å². The first-order valence-electron chi connectivity index (χ1n) is 7.44. The van der Waals surface area contributed by atoms with Gasteiger partial charge in [-0.05, 0) is 12.5 Å². The summed E-state index contributed by atoms with van der Waals surface area (Å²) in [6.45, 7) is 2.94. The van der Waals surface area contributed by atoms with Crippen LogP contribution in [-0.4, -0.2) is 40.1 Å². The molecule has 3 aliphatic rings. The largest absolute Gasteiger partial charge is 0.481 e. The summed E-state index contributed by atoms with van der Waals surface area (Å²) in [5.41, 5.74) is 1.47. The van der Waals surface area contributed by atoms with Gasteiger partial charge in [-0.25, -0.2) is 0 Å². The van der Waals surface area contributed by atoms with Crippen molar-refractivity contribution in [3.8, 4) is 0 Å². The second kappa shape index (κ2) is 4.43. The highest BCUT2D eigenvalue weighted by atomic mass is 16.5. The fraction of sp³-hybridized carbons (Fsp3) is 0.412. The molecular formula is C17H17NO4. The Kier molecular flexibility index (Phi) is 2.72. The number of fused-ring (bicyclic) bond motifs is 1. The van der Waals surface area contributed by atoms with E-state index in [0.29, 0.717) is 13.1 Å². The minimum atomic E-state index is -0.952. The fourth-order valence-corrected chi connectivity index (χ4v) is 3.91. The maximum absolute atomic E-state index is 12.7. The third-order valence-electron chi connectivity index (χ3n) is 4.96. The first-order valence-corrected chi connectivity index (χ1v) is 7.44. The van der Waals surface area contributed by atoms with E-state index in [9.17, 15) is 14.7 Å². The smallest absolute Gasteiger partial charge is 0.310 e. The average molecular weight is 299 g/mol. The van der Waals surface area contributed by atoms with Crippen LogP contribution in [0.2, 0.25) is 0 Å². The molecule has 22 heavy (non-hydrogen) atoms. The Bertz CT molecular complexity index is 680. The van der Waals surface area contributed by atoms with Crippen molar-refractivity contribution < 1.29 is 19.4 Å². The third kappa shape index (κ3) is 1.75. The zero-order valence-corrected chi connectivity index (χ0v) is 12.2. The molecule has 2 fully saturated rings. The van der Waals surface area contributed by atoms with Crippen molar-refractivity contribution in [2.45, 2.75) is 25.2 Å². The van der Waals surface area contributed by atoms with Crippen molar-refractivity contribution >= 4 is 11.9 Å². The van der Waals surface area contributed by atoms with Crippen LogP contribution in [0.3, 0.4) is 0 Å². The van der Waals surface area contributed by atoms with Gasteiger partial charge in [-0.15, -0.1) is 0 Å². The maximum atomic E-state index is 12.7. The van der Waals surface area contributed by atoms with Crippen LogP contribution in [0.15, 0.2) is 36.4 Å². The van der Waals surface area contributed by atoms with Gasteiger partial charge in [-0.3, -0.25) is 9.59 Å². The second-order valence-electron chi connectivity index (χ2n) is 6.42. The summed E-state index contributed by atoms with van der Waals surface area (Å²) in [6.07, 6.45) is 3.21. The number of aliphatic carboxylic acids is 1. The summed E-state index contributed by atoms with van der Waals surface area (Å²) in [7, 11) is 0. The highest BCUT2D eigenvalue weighted by Gasteiger charge is 2.66. The van der Waals surface area contributed by atoms with Gasteiger partial charge in [0.05, 0.1) is 18.6 Å². The molecule has 5 heteroatoms. The van der Waals surface area contributed by atoms with Crippen molar-refractivity contribution in [3.05, 3.63) is 47.5 Å². The molecule has 1 amide bonds. The zero-order chi connectivity index (χ0) is 15.5. The number of nitrogens with zero attached hydrogens (tertiary/aromatic N) is 1. The van der Waals surface area contributed by atoms with Gasteiger partial charge in [0.15, 0.2) is 0 Å². The molecule has 1 spiro atoms. The third-order valence-corrected chi connectivity index (χ3v) is 4.96. The summed E-state index contributed by atoms with van der Waals surface area (Å²) >= 11 is 0. The molecule has 0 aliphatic carbocycles. The molecule has 0 saturated carbocycles. The molecule has 1 aromatic rings. The van der Waals surface area contributed by atoms with Gasteiger partial charge in [0, 0.05) is 6.54 Å². The molecule has 1 aromatic carbocycles. The van der Waals surface area contributed by atoms with Gasteiger partial charge in [0.1, 0.15) is 11.5 Å². The number of likely N-dealkylation sites (tertiary alicyclic amines) is 1. The molecule has 1 N–H and O–H groups in total. The first kappa shape index (κ1) is 13.5. The van der Waals surface area contributed by atoms with Crippen molar-refractivity contribution in [1.82, 2.24) is 4.90 Å². The summed E-state index contributed by atoms with van der Waals surface area (Å²) in [4.78, 5) is 25.9. The van der Waals surface area contributed by atoms with Crippen LogP contribution >= 0.6 is 0 Å². The van der Waals surface area contributed by atoms with Crippen LogP contribution in [0.4, 0.5) is 0 Å². The maximum Gasteiger partial charge on any atom is 0.310 e. The topological polar surface area (TPSA) is 66.8 Å². The molecular weight excluding hydrogens is 282 g/mol. The van der Waals surface area contributed by atoms with E-state index in [1.807, 2.05) is 37.3 Å². The number of rotatable bonds is 3. The van der Waals surface area contributed by atoms with Crippen LogP contribution in [0.25, 0.3) is 0 Å². The van der Waals surface area contributed by atoms with Gasteiger partial charge in [0.25, 0.3) is 0 Å². The lowest BCUT2D eigenvalue weighted by Crippen LogP contribution is -2.39. The van der Waals surface area contributed by atoms with Crippen molar-refractivity contribution in [3.63, 3.8) is 0 Å². The number of carboxylic acids is 1. The number of carbonyl (C=O) groups is 2. The molecule has 4 rings (SSSR count). The van der Waals surface area contributed by atoms with Gasteiger partial charge in [0.2, 0.25) is 5.91 Å².